The summed E-state index contributed by atoms with van der Waals surface area (Å²) >= 11 is 12.0. The highest BCUT2D eigenvalue weighted by atomic mass is 35.5. The highest BCUT2D eigenvalue weighted by Gasteiger charge is 2.06. The Morgan fingerprint density at radius 1 is 1.06 bits per heavy atom. The van der Waals surface area contributed by atoms with Crippen LogP contribution in [-0.4, -0.2) is 9.97 Å². The molecular formula is C14H10Cl2N2. The molecule has 0 unspecified atom stereocenters. The van der Waals surface area contributed by atoms with Crippen molar-refractivity contribution in [1.82, 2.24) is 9.97 Å². The molecule has 0 atom stereocenters. The molecule has 0 bridgehead atoms. The minimum atomic E-state index is 0.647. The molecule has 2 nitrogen and oxygen atoms in total. The van der Waals surface area contributed by atoms with E-state index in [0.717, 1.165) is 22.4 Å². The number of aromatic amines is 1. The molecule has 1 aromatic heterocycles. The van der Waals surface area contributed by atoms with Crippen molar-refractivity contribution in [1.29, 1.82) is 0 Å². The molecule has 18 heavy (non-hydrogen) atoms. The fourth-order valence-corrected chi connectivity index (χ4v) is 2.41. The highest BCUT2D eigenvalue weighted by Crippen LogP contribution is 2.23. The zero-order chi connectivity index (χ0) is 12.5. The van der Waals surface area contributed by atoms with E-state index in [-0.39, 0.29) is 0 Å². The molecule has 0 aliphatic rings. The van der Waals surface area contributed by atoms with Crippen LogP contribution in [0.5, 0.6) is 0 Å². The Balaban J connectivity index is 1.96. The molecule has 3 rings (SSSR count). The fourth-order valence-electron chi connectivity index (χ4n) is 1.93. The van der Waals surface area contributed by atoms with Gasteiger partial charge in [-0.05, 0) is 29.8 Å². The molecule has 0 spiro atoms. The van der Waals surface area contributed by atoms with E-state index >= 15 is 0 Å². The van der Waals surface area contributed by atoms with Crippen molar-refractivity contribution >= 4 is 34.2 Å². The predicted octanol–water partition coefficient (Wildman–Crippen LogP) is 4.46. The summed E-state index contributed by atoms with van der Waals surface area (Å²) in [6, 6.07) is 13.5. The summed E-state index contributed by atoms with van der Waals surface area (Å²) in [5.74, 6) is 0.903. The van der Waals surface area contributed by atoms with Gasteiger partial charge in [-0.2, -0.15) is 0 Å². The van der Waals surface area contributed by atoms with E-state index in [1.807, 2.05) is 36.4 Å². The molecule has 1 heterocycles. The van der Waals surface area contributed by atoms with Gasteiger partial charge in [0.15, 0.2) is 0 Å². The van der Waals surface area contributed by atoms with Gasteiger partial charge in [-0.1, -0.05) is 41.4 Å². The molecule has 4 heteroatoms. The van der Waals surface area contributed by atoms with Crippen LogP contribution in [0.25, 0.3) is 11.0 Å². The standard InChI is InChI=1S/C14H10Cl2N2/c15-10-6-5-9(11(16)8-10)7-14-17-12-3-1-2-4-13(12)18-14/h1-6,8H,7H2,(H,17,18). The third-order valence-electron chi connectivity index (χ3n) is 2.81. The van der Waals surface area contributed by atoms with Gasteiger partial charge in [0.05, 0.1) is 11.0 Å². The largest absolute Gasteiger partial charge is 0.342 e. The van der Waals surface area contributed by atoms with Crippen LogP contribution in [0.3, 0.4) is 0 Å². The lowest BCUT2D eigenvalue weighted by molar-refractivity contribution is 1.04. The number of rotatable bonds is 2. The zero-order valence-corrected chi connectivity index (χ0v) is 11.0. The molecule has 90 valence electrons. The monoisotopic (exact) mass is 276 g/mol. The number of hydrogen-bond acceptors (Lipinski definition) is 1. The number of para-hydroxylation sites is 2. The lowest BCUT2D eigenvalue weighted by Crippen LogP contribution is -1.91. The maximum atomic E-state index is 6.15. The SMILES string of the molecule is Clc1ccc(Cc2nc3ccccc3[nH]2)c(Cl)c1. The van der Waals surface area contributed by atoms with Crippen LogP contribution in [0, 0.1) is 0 Å². The van der Waals surface area contributed by atoms with Crippen molar-refractivity contribution < 1.29 is 0 Å². The van der Waals surface area contributed by atoms with Crippen molar-refractivity contribution in [3.63, 3.8) is 0 Å². The van der Waals surface area contributed by atoms with Crippen molar-refractivity contribution in [2.24, 2.45) is 0 Å². The Bertz CT molecular complexity index is 671. The minimum absolute atomic E-state index is 0.647. The summed E-state index contributed by atoms with van der Waals surface area (Å²) in [5, 5.41) is 1.32. The number of nitrogens with one attached hydrogen (secondary N) is 1. The quantitative estimate of drug-likeness (QED) is 0.736. The van der Waals surface area contributed by atoms with Gasteiger partial charge in [-0.3, -0.25) is 0 Å². The Kier molecular flexibility index (Phi) is 2.98. The molecule has 2 aromatic carbocycles. The van der Waals surface area contributed by atoms with Gasteiger partial charge in [-0.15, -0.1) is 0 Å². The van der Waals surface area contributed by atoms with Crippen molar-refractivity contribution in [3.8, 4) is 0 Å². The number of hydrogen-bond donors (Lipinski definition) is 1. The Morgan fingerprint density at radius 3 is 2.67 bits per heavy atom. The van der Waals surface area contributed by atoms with Crippen molar-refractivity contribution in [2.45, 2.75) is 6.42 Å². The van der Waals surface area contributed by atoms with E-state index in [2.05, 4.69) is 9.97 Å². The van der Waals surface area contributed by atoms with E-state index in [1.54, 1.807) is 6.07 Å². The first-order valence-electron chi connectivity index (χ1n) is 5.60. The third kappa shape index (κ3) is 2.22. The van der Waals surface area contributed by atoms with Crippen LogP contribution in [0.1, 0.15) is 11.4 Å². The zero-order valence-electron chi connectivity index (χ0n) is 9.45. The van der Waals surface area contributed by atoms with E-state index < -0.39 is 0 Å². The second kappa shape index (κ2) is 4.63. The highest BCUT2D eigenvalue weighted by molar-refractivity contribution is 6.35. The van der Waals surface area contributed by atoms with E-state index in [0.29, 0.717) is 16.5 Å². The molecular weight excluding hydrogens is 267 g/mol. The second-order valence-electron chi connectivity index (χ2n) is 4.11. The molecule has 0 saturated carbocycles. The van der Waals surface area contributed by atoms with Gasteiger partial charge >= 0.3 is 0 Å². The maximum absolute atomic E-state index is 6.15. The first-order valence-corrected chi connectivity index (χ1v) is 6.35. The number of H-pyrrole nitrogens is 1. The van der Waals surface area contributed by atoms with Crippen molar-refractivity contribution in [2.75, 3.05) is 0 Å². The average Bonchev–Trinajstić information content (AvgIpc) is 2.75. The molecule has 0 saturated heterocycles. The minimum Gasteiger partial charge on any atom is -0.342 e. The Hall–Kier alpha value is -1.51. The van der Waals surface area contributed by atoms with Gasteiger partial charge in [0.2, 0.25) is 0 Å². The van der Waals surface area contributed by atoms with E-state index in [9.17, 15) is 0 Å². The van der Waals surface area contributed by atoms with Crippen LogP contribution < -0.4 is 0 Å². The van der Waals surface area contributed by atoms with Crippen LogP contribution in [0.2, 0.25) is 10.0 Å². The molecule has 0 radical (unpaired) electrons. The number of imidazole rings is 1. The Morgan fingerprint density at radius 2 is 1.89 bits per heavy atom. The molecule has 0 aliphatic carbocycles. The van der Waals surface area contributed by atoms with Crippen LogP contribution in [-0.2, 0) is 6.42 Å². The molecule has 1 N–H and O–H groups in total. The number of fused-ring (bicyclic) bond motifs is 1. The summed E-state index contributed by atoms with van der Waals surface area (Å²) in [6.45, 7) is 0. The van der Waals surface area contributed by atoms with Crippen molar-refractivity contribution in [3.05, 3.63) is 63.9 Å². The van der Waals surface area contributed by atoms with Gasteiger partial charge in [0, 0.05) is 16.5 Å². The van der Waals surface area contributed by atoms with Gasteiger partial charge in [-0.25, -0.2) is 4.98 Å². The summed E-state index contributed by atoms with van der Waals surface area (Å²) in [6.07, 6.45) is 0.671. The number of halogens is 2. The normalized spacial score (nSPS) is 11.0. The first kappa shape index (κ1) is 11.6. The molecule has 3 aromatic rings. The lowest BCUT2D eigenvalue weighted by atomic mass is 10.1. The first-order chi connectivity index (χ1) is 8.72. The molecule has 0 amide bonds. The van der Waals surface area contributed by atoms with Gasteiger partial charge in [0.25, 0.3) is 0 Å². The van der Waals surface area contributed by atoms with E-state index in [1.165, 1.54) is 0 Å². The predicted molar refractivity (Wildman–Crippen MR) is 75.4 cm³/mol. The lowest BCUT2D eigenvalue weighted by Gasteiger charge is -2.02. The van der Waals surface area contributed by atoms with Gasteiger partial charge in [0.1, 0.15) is 5.82 Å². The summed E-state index contributed by atoms with van der Waals surface area (Å²) in [7, 11) is 0. The number of aromatic nitrogens is 2. The van der Waals surface area contributed by atoms with E-state index in [4.69, 9.17) is 23.2 Å². The number of nitrogens with zero attached hydrogens (tertiary/aromatic N) is 1. The molecule has 0 aliphatic heterocycles. The van der Waals surface area contributed by atoms with Gasteiger partial charge < -0.3 is 4.98 Å². The Labute approximate surface area is 115 Å². The third-order valence-corrected chi connectivity index (χ3v) is 3.40. The maximum Gasteiger partial charge on any atom is 0.111 e. The fraction of sp³-hybridized carbons (Fsp3) is 0.0714. The average molecular weight is 277 g/mol. The molecule has 0 fully saturated rings. The summed E-state index contributed by atoms with van der Waals surface area (Å²) < 4.78 is 0. The van der Waals surface area contributed by atoms with Crippen LogP contribution in [0.15, 0.2) is 42.5 Å². The topological polar surface area (TPSA) is 28.7 Å². The van der Waals surface area contributed by atoms with Crippen LogP contribution in [0.4, 0.5) is 0 Å². The number of benzene rings is 2. The smallest absolute Gasteiger partial charge is 0.111 e. The second-order valence-corrected chi connectivity index (χ2v) is 4.96. The summed E-state index contributed by atoms with van der Waals surface area (Å²) in [4.78, 5) is 7.81. The van der Waals surface area contributed by atoms with Crippen LogP contribution >= 0.6 is 23.2 Å². The summed E-state index contributed by atoms with van der Waals surface area (Å²) in [5.41, 5.74) is 3.02.